The van der Waals surface area contributed by atoms with Crippen molar-refractivity contribution in [1.29, 1.82) is 0 Å². The second kappa shape index (κ2) is 4.94. The Labute approximate surface area is 116 Å². The molecule has 0 bridgehead atoms. The van der Waals surface area contributed by atoms with Gasteiger partial charge in [0.25, 0.3) is 5.91 Å². The van der Waals surface area contributed by atoms with Crippen LogP contribution < -0.4 is 5.48 Å². The third-order valence-electron chi connectivity index (χ3n) is 3.12. The van der Waals surface area contributed by atoms with Gasteiger partial charge in [-0.2, -0.15) is 0 Å². The zero-order valence-corrected chi connectivity index (χ0v) is 12.1. The summed E-state index contributed by atoms with van der Waals surface area (Å²) in [6.07, 6.45) is 0.764. The van der Waals surface area contributed by atoms with Crippen LogP contribution in [0.4, 0.5) is 0 Å². The number of hydrogen-bond donors (Lipinski definition) is 2. The summed E-state index contributed by atoms with van der Waals surface area (Å²) in [4.78, 5) is 27.0. The third-order valence-corrected chi connectivity index (χ3v) is 4.36. The van der Waals surface area contributed by atoms with Crippen molar-refractivity contribution in [2.45, 2.75) is 33.7 Å². The first-order valence-corrected chi connectivity index (χ1v) is 7.00. The lowest BCUT2D eigenvalue weighted by molar-refractivity contribution is -0.140. The molecule has 1 aromatic heterocycles. The summed E-state index contributed by atoms with van der Waals surface area (Å²) in [6, 6.07) is 1.76. The maximum absolute atomic E-state index is 12.2. The highest BCUT2D eigenvalue weighted by Gasteiger charge is 2.30. The van der Waals surface area contributed by atoms with E-state index < -0.39 is 11.3 Å². The largest absolute Gasteiger partial charge is 0.338 e. The van der Waals surface area contributed by atoms with Crippen molar-refractivity contribution in [3.8, 4) is 0 Å². The smallest absolute Gasteiger partial charge is 0.284 e. The average molecular weight is 282 g/mol. The molecule has 0 spiro atoms. The Kier molecular flexibility index (Phi) is 3.64. The van der Waals surface area contributed by atoms with Crippen LogP contribution in [-0.4, -0.2) is 28.5 Å². The molecule has 2 rings (SSSR count). The van der Waals surface area contributed by atoms with Crippen LogP contribution in [0, 0.1) is 5.41 Å². The van der Waals surface area contributed by atoms with Gasteiger partial charge in [-0.15, -0.1) is 11.3 Å². The summed E-state index contributed by atoms with van der Waals surface area (Å²) >= 11 is 1.38. The van der Waals surface area contributed by atoms with Crippen LogP contribution in [0.1, 0.15) is 40.9 Å². The molecule has 0 aromatic carbocycles. The van der Waals surface area contributed by atoms with Gasteiger partial charge in [0.1, 0.15) is 0 Å². The van der Waals surface area contributed by atoms with Gasteiger partial charge in [0, 0.05) is 23.4 Å². The fourth-order valence-corrected chi connectivity index (χ4v) is 3.20. The summed E-state index contributed by atoms with van der Waals surface area (Å²) < 4.78 is 0. The maximum atomic E-state index is 12.2. The van der Waals surface area contributed by atoms with Crippen molar-refractivity contribution in [2.24, 2.45) is 5.41 Å². The Morgan fingerprint density at radius 1 is 1.42 bits per heavy atom. The van der Waals surface area contributed by atoms with E-state index in [1.165, 1.54) is 11.3 Å². The first-order chi connectivity index (χ1) is 8.82. The molecule has 5 nitrogen and oxygen atoms in total. The van der Waals surface area contributed by atoms with Crippen molar-refractivity contribution in [1.82, 2.24) is 10.4 Å². The minimum absolute atomic E-state index is 0.123. The standard InChI is InChI=1S/C13H18N2O3S/c1-13(2,3)12(17)15-5-4-9-8(7-15)6-10(19-9)11(16)14-18/h6,18H,4-5,7H2,1-3H3,(H,14,16). The Bertz CT molecular complexity index is 516. The van der Waals surface area contributed by atoms with E-state index in [1.54, 1.807) is 11.5 Å². The number of hydrogen-bond acceptors (Lipinski definition) is 4. The van der Waals surface area contributed by atoms with Crippen molar-refractivity contribution in [2.75, 3.05) is 6.54 Å². The zero-order chi connectivity index (χ0) is 14.2. The zero-order valence-electron chi connectivity index (χ0n) is 11.3. The molecule has 0 aliphatic carbocycles. The van der Waals surface area contributed by atoms with E-state index in [1.807, 2.05) is 25.7 Å². The van der Waals surface area contributed by atoms with E-state index in [2.05, 4.69) is 0 Å². The Morgan fingerprint density at radius 2 is 2.11 bits per heavy atom. The second-order valence-corrected chi connectivity index (χ2v) is 6.86. The average Bonchev–Trinajstić information content (AvgIpc) is 2.78. The molecule has 0 unspecified atom stereocenters. The molecule has 1 aliphatic heterocycles. The van der Waals surface area contributed by atoms with Crippen LogP contribution in [0.2, 0.25) is 0 Å². The van der Waals surface area contributed by atoms with E-state index in [-0.39, 0.29) is 5.91 Å². The molecule has 0 saturated heterocycles. The number of amides is 2. The second-order valence-electron chi connectivity index (χ2n) is 5.73. The van der Waals surface area contributed by atoms with E-state index in [0.29, 0.717) is 18.0 Å². The number of carbonyl (C=O) groups is 2. The van der Waals surface area contributed by atoms with Crippen molar-refractivity contribution in [3.05, 3.63) is 21.4 Å². The Hall–Kier alpha value is -1.40. The summed E-state index contributed by atoms with van der Waals surface area (Å²) in [5, 5.41) is 8.64. The highest BCUT2D eigenvalue weighted by molar-refractivity contribution is 7.14. The van der Waals surface area contributed by atoms with Crippen LogP contribution >= 0.6 is 11.3 Å². The number of nitrogens with one attached hydrogen (secondary N) is 1. The number of fused-ring (bicyclic) bond motifs is 1. The lowest BCUT2D eigenvalue weighted by Gasteiger charge is -2.32. The van der Waals surface area contributed by atoms with Gasteiger partial charge in [-0.25, -0.2) is 5.48 Å². The van der Waals surface area contributed by atoms with Gasteiger partial charge in [-0.3, -0.25) is 14.8 Å². The fraction of sp³-hybridized carbons (Fsp3) is 0.538. The molecule has 104 valence electrons. The number of rotatable bonds is 1. The predicted molar refractivity (Wildman–Crippen MR) is 72.1 cm³/mol. The van der Waals surface area contributed by atoms with Gasteiger partial charge in [0.2, 0.25) is 5.91 Å². The third kappa shape index (κ3) is 2.79. The topological polar surface area (TPSA) is 69.6 Å². The van der Waals surface area contributed by atoms with Crippen LogP contribution in [0.15, 0.2) is 6.07 Å². The predicted octanol–water partition coefficient (Wildman–Crippen LogP) is 1.80. The minimum atomic E-state index is -0.493. The molecule has 1 aromatic rings. The summed E-state index contributed by atoms with van der Waals surface area (Å²) in [7, 11) is 0. The molecular formula is C13H18N2O3S. The summed E-state index contributed by atoms with van der Waals surface area (Å²) in [5.41, 5.74) is 2.26. The number of thiophene rings is 1. The molecule has 0 fully saturated rings. The SMILES string of the molecule is CC(C)(C)C(=O)N1CCc2sc(C(=O)NO)cc2C1. The Morgan fingerprint density at radius 3 is 2.68 bits per heavy atom. The molecule has 0 radical (unpaired) electrons. The van der Waals surface area contributed by atoms with Crippen molar-refractivity contribution < 1.29 is 14.8 Å². The van der Waals surface area contributed by atoms with Crippen LogP contribution in [0.25, 0.3) is 0 Å². The normalized spacial score (nSPS) is 15.1. The molecule has 0 atom stereocenters. The van der Waals surface area contributed by atoms with E-state index >= 15 is 0 Å². The lowest BCUT2D eigenvalue weighted by Crippen LogP contribution is -2.41. The van der Waals surface area contributed by atoms with Crippen LogP contribution in [0.5, 0.6) is 0 Å². The van der Waals surface area contributed by atoms with Gasteiger partial charge in [-0.05, 0) is 18.1 Å². The highest BCUT2D eigenvalue weighted by atomic mass is 32.1. The van der Waals surface area contributed by atoms with Crippen LogP contribution in [0.3, 0.4) is 0 Å². The lowest BCUT2D eigenvalue weighted by atomic mass is 9.93. The van der Waals surface area contributed by atoms with Crippen molar-refractivity contribution in [3.63, 3.8) is 0 Å². The molecule has 0 saturated carbocycles. The van der Waals surface area contributed by atoms with Gasteiger partial charge < -0.3 is 4.90 Å². The van der Waals surface area contributed by atoms with E-state index in [4.69, 9.17) is 5.21 Å². The van der Waals surface area contributed by atoms with Crippen molar-refractivity contribution >= 4 is 23.2 Å². The minimum Gasteiger partial charge on any atom is -0.338 e. The molecule has 2 amide bonds. The molecular weight excluding hydrogens is 264 g/mol. The molecule has 6 heteroatoms. The fourth-order valence-electron chi connectivity index (χ4n) is 2.15. The first-order valence-electron chi connectivity index (χ1n) is 6.18. The first kappa shape index (κ1) is 14.0. The Balaban J connectivity index is 2.18. The number of carbonyl (C=O) groups excluding carboxylic acids is 2. The monoisotopic (exact) mass is 282 g/mol. The van der Waals surface area contributed by atoms with Crippen LogP contribution in [-0.2, 0) is 17.8 Å². The summed E-state index contributed by atoms with van der Waals surface area (Å²) in [6.45, 7) is 6.94. The van der Waals surface area contributed by atoms with Gasteiger partial charge in [0.05, 0.1) is 4.88 Å². The molecule has 2 heterocycles. The van der Waals surface area contributed by atoms with Gasteiger partial charge in [0.15, 0.2) is 0 Å². The van der Waals surface area contributed by atoms with Gasteiger partial charge in [-0.1, -0.05) is 20.8 Å². The molecule has 1 aliphatic rings. The van der Waals surface area contributed by atoms with E-state index in [9.17, 15) is 9.59 Å². The van der Waals surface area contributed by atoms with E-state index in [0.717, 1.165) is 16.9 Å². The molecule has 2 N–H and O–H groups in total. The van der Waals surface area contributed by atoms with Gasteiger partial charge >= 0.3 is 0 Å². The maximum Gasteiger partial charge on any atom is 0.284 e. The number of nitrogens with zero attached hydrogens (tertiary/aromatic N) is 1. The quantitative estimate of drug-likeness (QED) is 0.609. The number of hydroxylamine groups is 1. The summed E-state index contributed by atoms with van der Waals surface area (Å²) in [5.74, 6) is -0.370. The highest BCUT2D eigenvalue weighted by Crippen LogP contribution is 2.30. The molecule has 19 heavy (non-hydrogen) atoms.